The van der Waals surface area contributed by atoms with Crippen molar-refractivity contribution in [3.8, 4) is 0 Å². The van der Waals surface area contributed by atoms with Crippen LogP contribution >= 0.6 is 11.6 Å². The van der Waals surface area contributed by atoms with Gasteiger partial charge >= 0.3 is 5.97 Å². The lowest BCUT2D eigenvalue weighted by Crippen LogP contribution is -2.26. The Labute approximate surface area is 123 Å². The Morgan fingerprint density at radius 2 is 1.95 bits per heavy atom. The van der Waals surface area contributed by atoms with E-state index in [4.69, 9.17) is 16.3 Å². The van der Waals surface area contributed by atoms with Gasteiger partial charge in [0, 0.05) is 11.6 Å². The summed E-state index contributed by atoms with van der Waals surface area (Å²) >= 11 is 5.44. The highest BCUT2D eigenvalue weighted by molar-refractivity contribution is 7.89. The van der Waals surface area contributed by atoms with Gasteiger partial charge in [-0.05, 0) is 19.1 Å². The molecule has 0 aliphatic heterocycles. The molecule has 1 aromatic carbocycles. The minimum Gasteiger partial charge on any atom is -0.460 e. The monoisotopic (exact) mass is 317 g/mol. The van der Waals surface area contributed by atoms with Crippen LogP contribution < -0.4 is 4.72 Å². The van der Waals surface area contributed by atoms with Gasteiger partial charge < -0.3 is 4.74 Å². The van der Waals surface area contributed by atoms with E-state index < -0.39 is 16.0 Å². The molecule has 0 aromatic heterocycles. The van der Waals surface area contributed by atoms with Gasteiger partial charge in [-0.1, -0.05) is 35.9 Å². The summed E-state index contributed by atoms with van der Waals surface area (Å²) < 4.78 is 30.8. The zero-order valence-corrected chi connectivity index (χ0v) is 12.6. The number of aryl methyl sites for hydroxylation is 1. The topological polar surface area (TPSA) is 72.5 Å². The van der Waals surface area contributed by atoms with Gasteiger partial charge in [0.25, 0.3) is 0 Å². The van der Waals surface area contributed by atoms with Gasteiger partial charge in [-0.25, -0.2) is 13.1 Å². The zero-order chi connectivity index (χ0) is 15.2. The summed E-state index contributed by atoms with van der Waals surface area (Å²) in [6, 6.07) is 6.42. The molecule has 0 aliphatic carbocycles. The smallest absolute Gasteiger partial charge is 0.307 e. The van der Waals surface area contributed by atoms with Gasteiger partial charge in [0.15, 0.2) is 0 Å². The van der Waals surface area contributed by atoms with Crippen LogP contribution in [0.5, 0.6) is 0 Å². The Hall–Kier alpha value is -1.37. The molecule has 0 unspecified atom stereocenters. The first kappa shape index (κ1) is 16.7. The van der Waals surface area contributed by atoms with Crippen LogP contribution in [-0.4, -0.2) is 27.5 Å². The SMILES string of the molecule is C=C(Cl)COC(=O)CCNS(=O)(=O)c1ccc(C)cc1. The van der Waals surface area contributed by atoms with Gasteiger partial charge in [0.05, 0.1) is 11.3 Å². The third kappa shape index (κ3) is 5.73. The molecule has 7 heteroatoms. The molecule has 20 heavy (non-hydrogen) atoms. The minimum atomic E-state index is -3.61. The molecule has 110 valence electrons. The number of halogens is 1. The third-order valence-electron chi connectivity index (χ3n) is 2.34. The van der Waals surface area contributed by atoms with Crippen molar-refractivity contribution >= 4 is 27.6 Å². The summed E-state index contributed by atoms with van der Waals surface area (Å²) in [5.41, 5.74) is 0.967. The first-order valence-electron chi connectivity index (χ1n) is 5.86. The van der Waals surface area contributed by atoms with Crippen molar-refractivity contribution in [2.24, 2.45) is 0 Å². The molecule has 0 radical (unpaired) electrons. The van der Waals surface area contributed by atoms with Crippen molar-refractivity contribution in [1.82, 2.24) is 4.72 Å². The van der Waals surface area contributed by atoms with Crippen LogP contribution in [0.3, 0.4) is 0 Å². The number of esters is 1. The van der Waals surface area contributed by atoms with E-state index in [0.717, 1.165) is 5.56 Å². The van der Waals surface area contributed by atoms with Gasteiger partial charge in [-0.3, -0.25) is 4.79 Å². The van der Waals surface area contributed by atoms with Crippen LogP contribution in [0.2, 0.25) is 0 Å². The summed E-state index contributed by atoms with van der Waals surface area (Å²) in [5.74, 6) is -0.543. The molecular formula is C13H16ClNO4S. The molecule has 1 aromatic rings. The molecule has 1 rings (SSSR count). The molecule has 0 spiro atoms. The van der Waals surface area contributed by atoms with Crippen LogP contribution in [-0.2, 0) is 19.6 Å². The summed E-state index contributed by atoms with van der Waals surface area (Å²) in [5, 5.41) is 0.207. The minimum absolute atomic E-state index is 0.0379. The van der Waals surface area contributed by atoms with E-state index >= 15 is 0 Å². The summed E-state index contributed by atoms with van der Waals surface area (Å²) in [7, 11) is -3.61. The van der Waals surface area contributed by atoms with Crippen molar-refractivity contribution in [2.75, 3.05) is 13.2 Å². The molecule has 0 heterocycles. The second-order valence-corrected chi connectivity index (χ2v) is 6.44. The molecule has 0 fully saturated rings. The van der Waals surface area contributed by atoms with Crippen molar-refractivity contribution in [1.29, 1.82) is 0 Å². The van der Waals surface area contributed by atoms with Crippen molar-refractivity contribution in [3.63, 3.8) is 0 Å². The fourth-order valence-electron chi connectivity index (χ4n) is 1.32. The van der Waals surface area contributed by atoms with E-state index in [1.165, 1.54) is 12.1 Å². The average molecular weight is 318 g/mol. The summed E-state index contributed by atoms with van der Waals surface area (Å²) in [6.07, 6.45) is -0.0741. The lowest BCUT2D eigenvalue weighted by atomic mass is 10.2. The lowest BCUT2D eigenvalue weighted by molar-refractivity contribution is -0.142. The molecule has 1 N–H and O–H groups in total. The average Bonchev–Trinajstić information content (AvgIpc) is 2.36. The van der Waals surface area contributed by atoms with Gasteiger partial charge in [-0.15, -0.1) is 0 Å². The molecular weight excluding hydrogens is 302 g/mol. The largest absolute Gasteiger partial charge is 0.460 e. The first-order chi connectivity index (χ1) is 9.31. The number of rotatable bonds is 7. The van der Waals surface area contributed by atoms with Crippen molar-refractivity contribution in [3.05, 3.63) is 41.4 Å². The van der Waals surface area contributed by atoms with E-state index in [1.54, 1.807) is 12.1 Å². The third-order valence-corrected chi connectivity index (χ3v) is 3.93. The van der Waals surface area contributed by atoms with Crippen LogP contribution in [0.4, 0.5) is 0 Å². The molecule has 5 nitrogen and oxygen atoms in total. The second kappa shape index (κ2) is 7.42. The van der Waals surface area contributed by atoms with E-state index in [2.05, 4.69) is 11.3 Å². The maximum Gasteiger partial charge on any atom is 0.307 e. The molecule has 0 atom stereocenters. The predicted molar refractivity (Wildman–Crippen MR) is 76.9 cm³/mol. The molecule has 0 saturated carbocycles. The fraction of sp³-hybridized carbons (Fsp3) is 0.308. The van der Waals surface area contributed by atoms with Crippen LogP contribution in [0.1, 0.15) is 12.0 Å². The van der Waals surface area contributed by atoms with E-state index in [-0.39, 0.29) is 29.5 Å². The number of hydrogen-bond donors (Lipinski definition) is 1. The Balaban J connectivity index is 2.46. The Morgan fingerprint density at radius 3 is 2.50 bits per heavy atom. The number of carbonyl (C=O) groups is 1. The van der Waals surface area contributed by atoms with Crippen LogP contribution in [0.25, 0.3) is 0 Å². The van der Waals surface area contributed by atoms with E-state index in [9.17, 15) is 13.2 Å². The Kier molecular flexibility index (Phi) is 6.19. The van der Waals surface area contributed by atoms with Crippen molar-refractivity contribution in [2.45, 2.75) is 18.2 Å². The number of carbonyl (C=O) groups excluding carboxylic acids is 1. The summed E-state index contributed by atoms with van der Waals surface area (Å²) in [4.78, 5) is 11.4. The van der Waals surface area contributed by atoms with Gasteiger partial charge in [-0.2, -0.15) is 0 Å². The predicted octanol–water partition coefficient (Wildman–Crippen LogP) is 1.96. The standard InChI is InChI=1S/C13H16ClNO4S/c1-10-3-5-12(6-4-10)20(17,18)15-8-7-13(16)19-9-11(2)14/h3-6,15H,2,7-9H2,1H3. The van der Waals surface area contributed by atoms with Crippen LogP contribution in [0.15, 0.2) is 40.8 Å². The highest BCUT2D eigenvalue weighted by Gasteiger charge is 2.14. The number of ether oxygens (including phenoxy) is 1. The quantitative estimate of drug-likeness (QED) is 0.780. The highest BCUT2D eigenvalue weighted by Crippen LogP contribution is 2.09. The second-order valence-electron chi connectivity index (χ2n) is 4.14. The number of sulfonamides is 1. The Bertz CT molecular complexity index is 581. The summed E-state index contributed by atoms with van der Waals surface area (Å²) in [6.45, 7) is 5.12. The van der Waals surface area contributed by atoms with E-state index in [1.807, 2.05) is 6.92 Å². The van der Waals surface area contributed by atoms with E-state index in [0.29, 0.717) is 0 Å². The van der Waals surface area contributed by atoms with Gasteiger partial charge in [0.2, 0.25) is 10.0 Å². The highest BCUT2D eigenvalue weighted by atomic mass is 35.5. The number of benzene rings is 1. The molecule has 0 aliphatic rings. The fourth-order valence-corrected chi connectivity index (χ4v) is 2.41. The Morgan fingerprint density at radius 1 is 1.35 bits per heavy atom. The van der Waals surface area contributed by atoms with Gasteiger partial charge in [0.1, 0.15) is 6.61 Å². The molecule has 0 saturated heterocycles. The number of hydrogen-bond acceptors (Lipinski definition) is 4. The molecule has 0 amide bonds. The molecule has 0 bridgehead atoms. The first-order valence-corrected chi connectivity index (χ1v) is 7.72. The lowest BCUT2D eigenvalue weighted by Gasteiger charge is -2.07. The van der Waals surface area contributed by atoms with Crippen molar-refractivity contribution < 1.29 is 17.9 Å². The normalized spacial score (nSPS) is 11.1. The zero-order valence-electron chi connectivity index (χ0n) is 11.1. The maximum atomic E-state index is 11.9. The van der Waals surface area contributed by atoms with Crippen LogP contribution in [0, 0.1) is 6.92 Å². The maximum absolute atomic E-state index is 11.9. The number of nitrogens with one attached hydrogen (secondary N) is 1.